The van der Waals surface area contributed by atoms with Crippen molar-refractivity contribution >= 4 is 70.7 Å². The van der Waals surface area contributed by atoms with E-state index in [4.69, 9.17) is 0 Å². The van der Waals surface area contributed by atoms with Crippen molar-refractivity contribution < 1.29 is 59.4 Å². The van der Waals surface area contributed by atoms with Crippen molar-refractivity contribution in [3.05, 3.63) is 89.5 Å². The number of carboxylic acid groups (broad SMARTS) is 6. The number of aliphatic carboxylic acids is 3. The van der Waals surface area contributed by atoms with Gasteiger partial charge < -0.3 is 30.6 Å². The van der Waals surface area contributed by atoms with E-state index in [-0.39, 0.29) is 33.8 Å². The van der Waals surface area contributed by atoms with Gasteiger partial charge in [0.15, 0.2) is 0 Å². The van der Waals surface area contributed by atoms with E-state index >= 15 is 0 Å². The summed E-state index contributed by atoms with van der Waals surface area (Å²) in [5.74, 6) is -9.91. The number of nitrogens with zero attached hydrogens (tertiary/aromatic N) is 6. The Bertz CT molecular complexity index is 1700. The van der Waals surface area contributed by atoms with Gasteiger partial charge in [-0.1, -0.05) is 18.2 Å². The van der Waals surface area contributed by atoms with Crippen LogP contribution in [-0.2, 0) is 14.4 Å². The summed E-state index contributed by atoms with van der Waals surface area (Å²) in [5, 5.41) is 58.0. The zero-order valence-electron chi connectivity index (χ0n) is 24.4. The number of anilines is 6. The molecule has 18 heteroatoms. The zero-order valence-corrected chi connectivity index (χ0v) is 24.4. The van der Waals surface area contributed by atoms with Crippen LogP contribution in [0.3, 0.4) is 0 Å². The first kappa shape index (κ1) is 33.8. The lowest BCUT2D eigenvalue weighted by atomic mass is 10.2. The largest absolute Gasteiger partial charge is 0.480 e. The van der Waals surface area contributed by atoms with Gasteiger partial charge in [0, 0.05) is 17.1 Å². The third-order valence-corrected chi connectivity index (χ3v) is 6.42. The first-order chi connectivity index (χ1) is 22.7. The van der Waals surface area contributed by atoms with E-state index < -0.39 is 73.3 Å². The van der Waals surface area contributed by atoms with Gasteiger partial charge in [0.1, 0.15) is 19.6 Å². The van der Waals surface area contributed by atoms with Crippen molar-refractivity contribution in [1.82, 2.24) is 15.0 Å². The van der Waals surface area contributed by atoms with Gasteiger partial charge in [0.05, 0.1) is 16.7 Å². The number of hydrogen-bond acceptors (Lipinski definition) is 12. The zero-order chi connectivity index (χ0) is 35.1. The lowest BCUT2D eigenvalue weighted by molar-refractivity contribution is -0.136. The van der Waals surface area contributed by atoms with Crippen LogP contribution in [0.5, 0.6) is 0 Å². The van der Waals surface area contributed by atoms with E-state index in [1.807, 2.05) is 0 Å². The number of aromatic nitrogens is 3. The van der Waals surface area contributed by atoms with Crippen LogP contribution in [0.1, 0.15) is 31.1 Å². The minimum absolute atomic E-state index is 0.0456. The van der Waals surface area contributed by atoms with E-state index in [0.29, 0.717) is 0 Å². The van der Waals surface area contributed by atoms with Crippen LogP contribution < -0.4 is 14.7 Å². The average Bonchev–Trinajstić information content (AvgIpc) is 3.04. The molecule has 0 aliphatic carbocycles. The van der Waals surface area contributed by atoms with Crippen molar-refractivity contribution in [2.24, 2.45) is 0 Å². The number of rotatable bonds is 15. The normalized spacial score (nSPS) is 10.5. The standard InChI is InChI=1S/C30H24N6O12/c37-22(38)13-34(19-7-1-4-16(10-19)25(43)44)28-31-29(35(14-23(39)40)20-8-2-5-17(11-20)26(45)46)33-30(32-28)36(15-24(41)42)21-9-3-6-18(12-21)27(47)48/h1-12H,13-15H2,(H,37,38)(H,39,40)(H,41,42)(H,43,44)(H,45,46)(H,47,48). The first-order valence-corrected chi connectivity index (χ1v) is 13.5. The third kappa shape index (κ3) is 8.13. The predicted molar refractivity (Wildman–Crippen MR) is 164 cm³/mol. The van der Waals surface area contributed by atoms with Gasteiger partial charge in [-0.2, -0.15) is 15.0 Å². The molecule has 0 saturated carbocycles. The van der Waals surface area contributed by atoms with Gasteiger partial charge >= 0.3 is 35.8 Å². The van der Waals surface area contributed by atoms with Crippen LogP contribution >= 0.6 is 0 Å². The Balaban J connectivity index is 2.06. The SMILES string of the molecule is O=C(O)CN(c1cccc(C(=O)O)c1)c1nc(N(CC(=O)O)c2cccc(C(=O)O)c2)nc(N(CC(=O)O)c2cccc(C(=O)O)c2)n1. The van der Waals surface area contributed by atoms with Gasteiger partial charge in [-0.05, 0) is 54.6 Å². The molecule has 0 amide bonds. The van der Waals surface area contributed by atoms with E-state index in [1.54, 1.807) is 0 Å². The first-order valence-electron chi connectivity index (χ1n) is 13.5. The molecule has 0 atom stereocenters. The van der Waals surface area contributed by atoms with Gasteiger partial charge in [0.2, 0.25) is 17.8 Å². The number of carboxylic acids is 6. The van der Waals surface area contributed by atoms with Crippen LogP contribution in [0, 0.1) is 0 Å². The van der Waals surface area contributed by atoms with Crippen molar-refractivity contribution in [3.63, 3.8) is 0 Å². The summed E-state index contributed by atoms with van der Waals surface area (Å²) in [6.07, 6.45) is 0. The Kier molecular flexibility index (Phi) is 10.1. The van der Waals surface area contributed by atoms with Crippen LogP contribution in [-0.4, -0.2) is 101 Å². The number of aromatic carboxylic acids is 3. The second kappa shape index (κ2) is 14.3. The molecule has 246 valence electrons. The van der Waals surface area contributed by atoms with Crippen molar-refractivity contribution in [1.29, 1.82) is 0 Å². The van der Waals surface area contributed by atoms with Crippen LogP contribution in [0.15, 0.2) is 72.8 Å². The lowest BCUT2D eigenvalue weighted by Crippen LogP contribution is -2.33. The van der Waals surface area contributed by atoms with Crippen molar-refractivity contribution in [2.75, 3.05) is 34.3 Å². The molecule has 0 fully saturated rings. The summed E-state index contributed by atoms with van der Waals surface area (Å²) in [6.45, 7) is -2.65. The minimum atomic E-state index is -1.44. The summed E-state index contributed by atoms with van der Waals surface area (Å²) in [7, 11) is 0. The Morgan fingerprint density at radius 2 is 0.688 bits per heavy atom. The Labute approximate surface area is 269 Å². The highest BCUT2D eigenvalue weighted by atomic mass is 16.4. The second-order valence-corrected chi connectivity index (χ2v) is 9.74. The number of carbonyl (C=O) groups is 6. The molecule has 1 heterocycles. The van der Waals surface area contributed by atoms with E-state index in [0.717, 1.165) is 32.9 Å². The Morgan fingerprint density at radius 3 is 0.896 bits per heavy atom. The molecule has 0 spiro atoms. The van der Waals surface area contributed by atoms with Crippen LogP contribution in [0.25, 0.3) is 0 Å². The maximum atomic E-state index is 12.0. The molecule has 3 aromatic carbocycles. The predicted octanol–water partition coefficient (Wildman–Crippen LogP) is 2.63. The molecule has 4 aromatic rings. The summed E-state index contributed by atoms with van der Waals surface area (Å²) < 4.78 is 0. The van der Waals surface area contributed by atoms with Crippen molar-refractivity contribution in [2.45, 2.75) is 0 Å². The minimum Gasteiger partial charge on any atom is -0.480 e. The maximum absolute atomic E-state index is 12.0. The van der Waals surface area contributed by atoms with Gasteiger partial charge in [-0.15, -0.1) is 0 Å². The van der Waals surface area contributed by atoms with E-state index in [1.165, 1.54) is 54.6 Å². The molecule has 48 heavy (non-hydrogen) atoms. The molecule has 18 nitrogen and oxygen atoms in total. The quantitative estimate of drug-likeness (QED) is 0.107. The summed E-state index contributed by atoms with van der Waals surface area (Å²) in [6, 6.07) is 15.0. The Hall–Kier alpha value is -7.11. The van der Waals surface area contributed by atoms with Gasteiger partial charge in [0.25, 0.3) is 0 Å². The van der Waals surface area contributed by atoms with Crippen LogP contribution in [0.4, 0.5) is 34.9 Å². The molecule has 0 saturated heterocycles. The monoisotopic (exact) mass is 660 g/mol. The Morgan fingerprint density at radius 1 is 0.438 bits per heavy atom. The molecule has 0 aliphatic heterocycles. The lowest BCUT2D eigenvalue weighted by Gasteiger charge is -2.28. The topological polar surface area (TPSA) is 272 Å². The smallest absolute Gasteiger partial charge is 0.335 e. The fourth-order valence-electron chi connectivity index (χ4n) is 4.36. The van der Waals surface area contributed by atoms with E-state index in [9.17, 15) is 59.4 Å². The third-order valence-electron chi connectivity index (χ3n) is 6.42. The molecular formula is C30H24N6O12. The highest BCUT2D eigenvalue weighted by Gasteiger charge is 2.27. The fourth-order valence-corrected chi connectivity index (χ4v) is 4.36. The summed E-state index contributed by atoms with van der Waals surface area (Å²) >= 11 is 0. The number of hydrogen-bond donors (Lipinski definition) is 6. The molecule has 0 aliphatic rings. The van der Waals surface area contributed by atoms with Crippen LogP contribution in [0.2, 0.25) is 0 Å². The van der Waals surface area contributed by atoms with Gasteiger partial charge in [-0.3, -0.25) is 29.1 Å². The molecule has 4 rings (SSSR count). The molecule has 0 unspecified atom stereocenters. The molecular weight excluding hydrogens is 636 g/mol. The maximum Gasteiger partial charge on any atom is 0.335 e. The van der Waals surface area contributed by atoms with Crippen molar-refractivity contribution in [3.8, 4) is 0 Å². The van der Waals surface area contributed by atoms with Gasteiger partial charge in [-0.25, -0.2) is 14.4 Å². The summed E-state index contributed by atoms with van der Waals surface area (Å²) in [5.41, 5.74) is -0.864. The molecule has 0 radical (unpaired) electrons. The highest BCUT2D eigenvalue weighted by Crippen LogP contribution is 2.32. The molecule has 0 bridgehead atoms. The molecule has 1 aromatic heterocycles. The molecule has 6 N–H and O–H groups in total. The highest BCUT2D eigenvalue weighted by molar-refractivity contribution is 5.91. The van der Waals surface area contributed by atoms with E-state index in [2.05, 4.69) is 15.0 Å². The summed E-state index contributed by atoms with van der Waals surface area (Å²) in [4.78, 5) is 86.9. The number of benzene rings is 3. The average molecular weight is 661 g/mol. The second-order valence-electron chi connectivity index (χ2n) is 9.74. The fraction of sp³-hybridized carbons (Fsp3) is 0.100.